The number of anilines is 1. The third-order valence-corrected chi connectivity index (χ3v) is 7.20. The summed E-state index contributed by atoms with van der Waals surface area (Å²) in [4.78, 5) is 13.1. The molecule has 0 radical (unpaired) electrons. The number of allylic oxidation sites excluding steroid dienone is 4. The average molecular weight is 428 g/mol. The van der Waals surface area contributed by atoms with Crippen molar-refractivity contribution in [3.63, 3.8) is 0 Å². The number of carbonyl (C=O) groups is 1. The van der Waals surface area contributed by atoms with E-state index < -0.39 is 0 Å². The molecule has 2 aliphatic heterocycles. The van der Waals surface area contributed by atoms with Crippen molar-refractivity contribution < 1.29 is 9.37 Å². The van der Waals surface area contributed by atoms with Crippen LogP contribution in [0, 0.1) is 0 Å². The molecule has 2 aromatic carbocycles. The van der Waals surface area contributed by atoms with Gasteiger partial charge in [0.15, 0.2) is 5.71 Å². The van der Waals surface area contributed by atoms with Gasteiger partial charge in [0.05, 0.1) is 5.41 Å². The van der Waals surface area contributed by atoms with Crippen LogP contribution in [0.3, 0.4) is 0 Å². The van der Waals surface area contributed by atoms with Crippen LogP contribution in [-0.4, -0.2) is 30.2 Å². The molecule has 32 heavy (non-hydrogen) atoms. The third kappa shape index (κ3) is 3.64. The van der Waals surface area contributed by atoms with Crippen LogP contribution in [0.5, 0.6) is 0 Å². The minimum atomic E-state index is -0.0592. The highest BCUT2D eigenvalue weighted by Gasteiger charge is 2.44. The average Bonchev–Trinajstić information content (AvgIpc) is 3.11. The van der Waals surface area contributed by atoms with Crippen LogP contribution in [0.2, 0.25) is 0 Å². The van der Waals surface area contributed by atoms with Crippen LogP contribution in [-0.2, 0) is 15.6 Å². The van der Waals surface area contributed by atoms with Crippen molar-refractivity contribution in [1.82, 2.24) is 0 Å². The van der Waals surface area contributed by atoms with Gasteiger partial charge in [-0.15, -0.1) is 0 Å². The fourth-order valence-electron chi connectivity index (χ4n) is 5.41. The molecule has 0 unspecified atom stereocenters. The van der Waals surface area contributed by atoms with Crippen LogP contribution >= 0.6 is 0 Å². The van der Waals surface area contributed by atoms with Crippen molar-refractivity contribution in [2.24, 2.45) is 0 Å². The fourth-order valence-corrected chi connectivity index (χ4v) is 5.41. The van der Waals surface area contributed by atoms with Crippen LogP contribution < -0.4 is 4.90 Å². The molecule has 0 aliphatic carbocycles. The van der Waals surface area contributed by atoms with Crippen molar-refractivity contribution in [1.29, 1.82) is 0 Å². The molecule has 0 aromatic heterocycles. The maximum absolute atomic E-state index is 10.8. The molecule has 2 aliphatic rings. The van der Waals surface area contributed by atoms with Gasteiger partial charge in [-0.2, -0.15) is 4.58 Å². The van der Waals surface area contributed by atoms with Gasteiger partial charge in [-0.1, -0.05) is 56.3 Å². The molecule has 0 amide bonds. The molecular weight excluding hydrogens is 392 g/mol. The Labute approximate surface area is 192 Å². The van der Waals surface area contributed by atoms with E-state index in [1.807, 2.05) is 0 Å². The molecule has 166 valence electrons. The Balaban J connectivity index is 1.69. The number of rotatable bonds is 7. The zero-order chi connectivity index (χ0) is 22.9. The number of likely N-dealkylation sites (N-methyl/N-ethyl adjacent to an activating group) is 1. The van der Waals surface area contributed by atoms with E-state index in [2.05, 4.69) is 111 Å². The molecule has 0 N–H and O–H groups in total. The molecule has 4 rings (SSSR count). The molecule has 3 nitrogen and oxygen atoms in total. The van der Waals surface area contributed by atoms with Crippen LogP contribution in [0.15, 0.2) is 72.5 Å². The minimum Gasteiger partial charge on any atom is -0.347 e. The second-order valence-corrected chi connectivity index (χ2v) is 9.95. The molecule has 0 saturated carbocycles. The second-order valence-electron chi connectivity index (χ2n) is 9.95. The van der Waals surface area contributed by atoms with E-state index in [-0.39, 0.29) is 10.8 Å². The standard InChI is InChI=1S/C29H35N2O/c1-28(2)22-14-7-9-16-24(22)30(5)26(28)18-13-19-27-29(3,4)23-15-8-10-17-25(23)31(27)20-11-6-12-21-32/h7-10,13-19,21H,6,11-12,20H2,1-5H3/q+1. The summed E-state index contributed by atoms with van der Waals surface area (Å²) in [6.07, 6.45) is 10.4. The number of aldehydes is 1. The van der Waals surface area contributed by atoms with Gasteiger partial charge in [0.1, 0.15) is 12.8 Å². The number of fused-ring (bicyclic) bond motifs is 2. The van der Waals surface area contributed by atoms with Crippen molar-refractivity contribution in [3.05, 3.63) is 83.6 Å². The van der Waals surface area contributed by atoms with E-state index >= 15 is 0 Å². The summed E-state index contributed by atoms with van der Waals surface area (Å²) in [5.74, 6) is 0. The Morgan fingerprint density at radius 1 is 0.906 bits per heavy atom. The summed E-state index contributed by atoms with van der Waals surface area (Å²) in [7, 11) is 2.16. The zero-order valence-corrected chi connectivity index (χ0v) is 20.1. The Morgan fingerprint density at radius 3 is 2.31 bits per heavy atom. The van der Waals surface area contributed by atoms with E-state index in [0.29, 0.717) is 6.42 Å². The summed E-state index contributed by atoms with van der Waals surface area (Å²) < 4.78 is 2.45. The van der Waals surface area contributed by atoms with E-state index in [4.69, 9.17) is 0 Å². The summed E-state index contributed by atoms with van der Waals surface area (Å²) in [5.41, 5.74) is 7.86. The summed E-state index contributed by atoms with van der Waals surface area (Å²) in [5, 5.41) is 0. The van der Waals surface area contributed by atoms with Crippen molar-refractivity contribution in [3.8, 4) is 0 Å². The highest BCUT2D eigenvalue weighted by molar-refractivity contribution is 6.03. The predicted octanol–water partition coefficient (Wildman–Crippen LogP) is 6.30. The lowest BCUT2D eigenvalue weighted by Crippen LogP contribution is -2.28. The van der Waals surface area contributed by atoms with Gasteiger partial charge >= 0.3 is 0 Å². The van der Waals surface area contributed by atoms with Crippen molar-refractivity contribution >= 4 is 23.4 Å². The van der Waals surface area contributed by atoms with Gasteiger partial charge in [0, 0.05) is 54.4 Å². The number of unbranched alkanes of at least 4 members (excludes halogenated alkanes) is 2. The van der Waals surface area contributed by atoms with Gasteiger partial charge in [-0.05, 0) is 38.0 Å². The Bertz CT molecular complexity index is 1120. The lowest BCUT2D eigenvalue weighted by molar-refractivity contribution is -0.438. The fraction of sp³-hybridized carbons (Fsp3) is 0.379. The van der Waals surface area contributed by atoms with E-state index in [1.165, 1.54) is 33.9 Å². The molecule has 0 spiro atoms. The molecule has 3 heteroatoms. The second kappa shape index (κ2) is 8.54. The molecule has 0 bridgehead atoms. The van der Waals surface area contributed by atoms with Gasteiger partial charge in [0.2, 0.25) is 5.69 Å². The summed E-state index contributed by atoms with van der Waals surface area (Å²) in [6.45, 7) is 10.2. The predicted molar refractivity (Wildman–Crippen MR) is 134 cm³/mol. The SMILES string of the molecule is CN1/C(=C\C=C\C2=[N+](CCCCC=O)c3ccccc3C2(C)C)C(C)(C)c2ccccc21. The molecule has 0 saturated heterocycles. The van der Waals surface area contributed by atoms with E-state index in [0.717, 1.165) is 25.7 Å². The first-order chi connectivity index (χ1) is 15.3. The maximum Gasteiger partial charge on any atom is 0.209 e. The zero-order valence-electron chi connectivity index (χ0n) is 20.1. The first-order valence-corrected chi connectivity index (χ1v) is 11.7. The van der Waals surface area contributed by atoms with Gasteiger partial charge in [-0.3, -0.25) is 0 Å². The maximum atomic E-state index is 10.8. The quantitative estimate of drug-likeness (QED) is 0.294. The number of nitrogens with zero attached hydrogens (tertiary/aromatic N) is 2. The summed E-state index contributed by atoms with van der Waals surface area (Å²) in [6, 6.07) is 17.4. The number of benzene rings is 2. The van der Waals surface area contributed by atoms with Crippen LogP contribution in [0.25, 0.3) is 0 Å². The number of para-hydroxylation sites is 2. The smallest absolute Gasteiger partial charge is 0.209 e. The lowest BCUT2D eigenvalue weighted by atomic mass is 9.81. The highest BCUT2D eigenvalue weighted by Crippen LogP contribution is 2.46. The Hall–Kier alpha value is -2.94. The molecule has 2 aromatic rings. The Kier molecular flexibility index (Phi) is 5.94. The van der Waals surface area contributed by atoms with E-state index in [9.17, 15) is 4.79 Å². The molecule has 0 fully saturated rings. The van der Waals surface area contributed by atoms with Crippen molar-refractivity contribution in [2.75, 3.05) is 18.5 Å². The highest BCUT2D eigenvalue weighted by atomic mass is 16.1. The third-order valence-electron chi connectivity index (χ3n) is 7.20. The molecule has 0 atom stereocenters. The normalized spacial score (nSPS) is 19.7. The minimum absolute atomic E-state index is 0.0248. The number of carbonyl (C=O) groups excluding carboxylic acids is 1. The van der Waals surface area contributed by atoms with Crippen LogP contribution in [0.4, 0.5) is 11.4 Å². The lowest BCUT2D eigenvalue weighted by Gasteiger charge is -2.23. The first-order valence-electron chi connectivity index (χ1n) is 11.7. The monoisotopic (exact) mass is 427 g/mol. The van der Waals surface area contributed by atoms with Crippen LogP contribution in [0.1, 0.15) is 58.1 Å². The summed E-state index contributed by atoms with van der Waals surface area (Å²) >= 11 is 0. The first kappa shape index (κ1) is 22.3. The Morgan fingerprint density at radius 2 is 1.59 bits per heavy atom. The van der Waals surface area contributed by atoms with Gasteiger partial charge < -0.3 is 9.69 Å². The van der Waals surface area contributed by atoms with Gasteiger partial charge in [-0.25, -0.2) is 0 Å². The number of hydrogen-bond donors (Lipinski definition) is 0. The molecular formula is C29H35N2O+. The van der Waals surface area contributed by atoms with Crippen molar-refractivity contribution in [2.45, 2.75) is 57.8 Å². The molecule has 2 heterocycles. The van der Waals surface area contributed by atoms with Gasteiger partial charge in [0.25, 0.3) is 0 Å². The number of hydrogen-bond acceptors (Lipinski definition) is 2. The van der Waals surface area contributed by atoms with E-state index in [1.54, 1.807) is 0 Å². The topological polar surface area (TPSA) is 23.3 Å². The largest absolute Gasteiger partial charge is 0.347 e.